The molecule has 0 radical (unpaired) electrons. The van der Waals surface area contributed by atoms with Crippen LogP contribution in [0.3, 0.4) is 0 Å². The Morgan fingerprint density at radius 1 is 0.974 bits per heavy atom. The number of hydrogen-bond acceptors (Lipinski definition) is 6. The van der Waals surface area contributed by atoms with E-state index in [0.29, 0.717) is 18.9 Å². The minimum Gasteiger partial charge on any atom is -1.00 e. The lowest BCUT2D eigenvalue weighted by Gasteiger charge is -2.26. The number of amides is 1. The molecule has 3 aromatic rings. The predicted molar refractivity (Wildman–Crippen MR) is 139 cm³/mol. The number of morpholine rings is 1. The van der Waals surface area contributed by atoms with Crippen molar-refractivity contribution < 1.29 is 43.3 Å². The van der Waals surface area contributed by atoms with Crippen LogP contribution in [-0.2, 0) is 31.3 Å². The summed E-state index contributed by atoms with van der Waals surface area (Å²) in [4.78, 5) is 13.1. The van der Waals surface area contributed by atoms with Gasteiger partial charge >= 0.3 is 0 Å². The first-order valence-corrected chi connectivity index (χ1v) is 14.8. The number of benzene rings is 2. The Labute approximate surface area is 233 Å². The number of anilines is 2. The zero-order valence-corrected chi connectivity index (χ0v) is 23.2. The first-order valence-electron chi connectivity index (χ1n) is 11.4. The molecule has 0 aliphatic carbocycles. The van der Waals surface area contributed by atoms with Gasteiger partial charge in [-0.3, -0.25) is 9.52 Å². The number of sulfonamides is 2. The van der Waals surface area contributed by atoms with E-state index in [1.807, 2.05) is 6.07 Å². The van der Waals surface area contributed by atoms with Crippen LogP contribution in [0.15, 0.2) is 78.0 Å². The van der Waals surface area contributed by atoms with Crippen LogP contribution < -0.4 is 27.0 Å². The van der Waals surface area contributed by atoms with Gasteiger partial charge in [-0.15, -0.1) is 0 Å². The van der Waals surface area contributed by atoms with Gasteiger partial charge in [0.1, 0.15) is 5.75 Å². The molecule has 1 aliphatic heterocycles. The van der Waals surface area contributed by atoms with Crippen molar-refractivity contribution in [2.24, 2.45) is 0 Å². The molecule has 2 heterocycles. The number of carbonyl (C=O) groups is 1. The van der Waals surface area contributed by atoms with Crippen molar-refractivity contribution in [3.8, 4) is 0 Å². The number of aryl methyl sites for hydroxylation is 1. The molecule has 14 heteroatoms. The molecule has 10 nitrogen and oxygen atoms in total. The monoisotopic (exact) mass is 600 g/mol. The highest BCUT2D eigenvalue weighted by Gasteiger charge is 2.26. The fourth-order valence-electron chi connectivity index (χ4n) is 3.67. The van der Waals surface area contributed by atoms with Crippen molar-refractivity contribution in [1.82, 2.24) is 4.31 Å². The van der Waals surface area contributed by atoms with Crippen molar-refractivity contribution in [1.29, 1.82) is 0 Å². The zero-order valence-electron chi connectivity index (χ0n) is 20.1. The Morgan fingerprint density at radius 3 is 2.29 bits per heavy atom. The largest absolute Gasteiger partial charge is 1.00 e. The summed E-state index contributed by atoms with van der Waals surface area (Å²) in [7, 11) is -7.45. The molecule has 1 aliphatic rings. The van der Waals surface area contributed by atoms with E-state index in [9.17, 15) is 21.6 Å². The average Bonchev–Trinajstić information content (AvgIpc) is 2.90. The highest BCUT2D eigenvalue weighted by molar-refractivity contribution is 7.92. The molecule has 1 fully saturated rings. The van der Waals surface area contributed by atoms with Crippen molar-refractivity contribution in [3.05, 3.63) is 83.6 Å². The second kappa shape index (κ2) is 12.9. The van der Waals surface area contributed by atoms with Gasteiger partial charge in [-0.1, -0.05) is 17.7 Å². The lowest BCUT2D eigenvalue weighted by Crippen LogP contribution is -3.00. The van der Waals surface area contributed by atoms with Gasteiger partial charge in [0, 0.05) is 35.9 Å². The van der Waals surface area contributed by atoms with Gasteiger partial charge in [0.2, 0.25) is 20.0 Å². The summed E-state index contributed by atoms with van der Waals surface area (Å²) in [6.45, 7) is 1.45. The molecule has 2 aromatic carbocycles. The van der Waals surface area contributed by atoms with Gasteiger partial charge in [0.05, 0.1) is 29.4 Å². The van der Waals surface area contributed by atoms with Crippen LogP contribution in [0, 0.1) is 0 Å². The average molecular weight is 602 g/mol. The number of nitrogens with zero attached hydrogens (tertiary/aromatic N) is 2. The summed E-state index contributed by atoms with van der Waals surface area (Å²) >= 11 is 6.08. The van der Waals surface area contributed by atoms with Crippen LogP contribution in [0.2, 0.25) is 5.02 Å². The smallest absolute Gasteiger partial charge is 0.257 e. The number of ether oxygens (including phenoxy) is 1. The third-order valence-corrected chi connectivity index (χ3v) is 9.01. The van der Waals surface area contributed by atoms with E-state index < -0.39 is 26.0 Å². The molecule has 1 amide bonds. The van der Waals surface area contributed by atoms with E-state index >= 15 is 0 Å². The van der Waals surface area contributed by atoms with Gasteiger partial charge in [0.25, 0.3) is 5.91 Å². The zero-order chi connectivity index (χ0) is 26.5. The van der Waals surface area contributed by atoms with E-state index in [0.717, 1.165) is 0 Å². The van der Waals surface area contributed by atoms with Gasteiger partial charge in [-0.2, -0.15) is 4.31 Å². The van der Waals surface area contributed by atoms with Crippen LogP contribution in [0.25, 0.3) is 0 Å². The molecule has 0 saturated carbocycles. The molecular weight excluding hydrogens is 575 g/mol. The van der Waals surface area contributed by atoms with Crippen molar-refractivity contribution in [3.63, 3.8) is 0 Å². The minimum atomic E-state index is -3.78. The van der Waals surface area contributed by atoms with Crippen molar-refractivity contribution in [2.75, 3.05) is 42.1 Å². The van der Waals surface area contributed by atoms with Crippen LogP contribution in [0.4, 0.5) is 11.4 Å². The molecule has 4 rings (SSSR count). The van der Waals surface area contributed by atoms with E-state index in [1.165, 1.54) is 46.8 Å². The van der Waals surface area contributed by atoms with Crippen molar-refractivity contribution in [2.45, 2.75) is 11.4 Å². The molecule has 38 heavy (non-hydrogen) atoms. The third-order valence-electron chi connectivity index (χ3n) is 5.61. The van der Waals surface area contributed by atoms with Gasteiger partial charge in [0.15, 0.2) is 18.9 Å². The molecule has 1 saturated heterocycles. The van der Waals surface area contributed by atoms with Gasteiger partial charge < -0.3 is 22.5 Å². The van der Waals surface area contributed by atoms with Crippen LogP contribution >= 0.6 is 11.6 Å². The number of halogens is 2. The van der Waals surface area contributed by atoms with Crippen LogP contribution in [0.1, 0.15) is 10.4 Å². The van der Waals surface area contributed by atoms with Crippen LogP contribution in [0.5, 0.6) is 0 Å². The molecule has 0 atom stereocenters. The molecule has 0 unspecified atom stereocenters. The lowest BCUT2D eigenvalue weighted by molar-refractivity contribution is -0.692. The normalized spacial score (nSPS) is 14.3. The highest BCUT2D eigenvalue weighted by atomic mass is 35.5. The molecule has 0 spiro atoms. The van der Waals surface area contributed by atoms with Gasteiger partial charge in [-0.05, 0) is 42.5 Å². The Kier molecular flexibility index (Phi) is 10.1. The first kappa shape index (κ1) is 29.8. The number of pyridine rings is 1. The fourth-order valence-corrected chi connectivity index (χ4v) is 6.31. The van der Waals surface area contributed by atoms with E-state index in [4.69, 9.17) is 16.3 Å². The summed E-state index contributed by atoms with van der Waals surface area (Å²) in [6.07, 6.45) is 3.52. The highest BCUT2D eigenvalue weighted by Crippen LogP contribution is 2.24. The Morgan fingerprint density at radius 2 is 1.63 bits per heavy atom. The number of nitrogens with one attached hydrogen (secondary N) is 2. The quantitative estimate of drug-likeness (QED) is 0.314. The summed E-state index contributed by atoms with van der Waals surface area (Å²) in [5.74, 6) is -0.814. The summed E-state index contributed by atoms with van der Waals surface area (Å²) < 4.78 is 61.8. The SMILES string of the molecule is O=C(Nc1ccc(S(=O)(=O)N2CCOCC2)cc1)c1cc(Cl)ccc1NS(=O)(=O)CC[n+]1ccccc1.[Cl-]. The second-order valence-corrected chi connectivity index (χ2v) is 12.4. The minimum absolute atomic E-state index is 0. The number of carbonyl (C=O) groups excluding carboxylic acids is 1. The number of aromatic nitrogens is 1. The summed E-state index contributed by atoms with van der Waals surface area (Å²) in [6, 6.07) is 15.4. The molecule has 204 valence electrons. The predicted octanol–water partition coefficient (Wildman–Crippen LogP) is -0.653. The molecular formula is C24H26Cl2N4O6S2. The summed E-state index contributed by atoms with van der Waals surface area (Å²) in [5.41, 5.74) is 0.431. The maximum Gasteiger partial charge on any atom is 0.257 e. The first-order chi connectivity index (χ1) is 17.6. The van der Waals surface area contributed by atoms with Gasteiger partial charge in [-0.25, -0.2) is 21.4 Å². The molecule has 1 aromatic heterocycles. The lowest BCUT2D eigenvalue weighted by atomic mass is 10.1. The third kappa shape index (κ3) is 7.65. The van der Waals surface area contributed by atoms with E-state index in [2.05, 4.69) is 10.0 Å². The standard InChI is InChI=1S/C24H25ClN4O6S2.ClH/c25-19-4-9-23(27-36(31,32)17-14-28-10-2-1-3-11-28)22(18-19)24(30)26-20-5-7-21(8-6-20)37(33,34)29-12-15-35-16-13-29;/h1-11,18H,12-17H2,(H-,26,27,30);1H. The number of hydrogen-bond donors (Lipinski definition) is 2. The van der Waals surface area contributed by atoms with E-state index in [1.54, 1.807) is 29.1 Å². The molecule has 2 N–H and O–H groups in total. The van der Waals surface area contributed by atoms with Crippen molar-refractivity contribution >= 4 is 48.9 Å². The molecule has 0 bridgehead atoms. The topological polar surface area (TPSA) is 126 Å². The fraction of sp³-hybridized carbons (Fsp3) is 0.250. The Hall–Kier alpha value is -2.74. The Bertz CT molecular complexity index is 1470. The van der Waals surface area contributed by atoms with Crippen LogP contribution in [-0.4, -0.2) is 59.1 Å². The maximum atomic E-state index is 13.0. The second-order valence-electron chi connectivity index (χ2n) is 8.22. The Balaban J connectivity index is 0.00000400. The number of rotatable bonds is 9. The summed E-state index contributed by atoms with van der Waals surface area (Å²) in [5, 5.41) is 2.91. The maximum absolute atomic E-state index is 13.0. The van der Waals surface area contributed by atoms with E-state index in [-0.39, 0.29) is 59.0 Å².